The first-order valence-corrected chi connectivity index (χ1v) is 3.63. The first-order chi connectivity index (χ1) is 6.43. The molecule has 0 saturated heterocycles. The van der Waals surface area contributed by atoms with Crippen molar-refractivity contribution >= 4 is 11.8 Å². The van der Waals surface area contributed by atoms with Gasteiger partial charge in [0.05, 0.1) is 5.69 Å². The maximum atomic E-state index is 10.4. The summed E-state index contributed by atoms with van der Waals surface area (Å²) in [5.41, 5.74) is 0.646. The van der Waals surface area contributed by atoms with Gasteiger partial charge in [0.15, 0.2) is 0 Å². The number of aliphatic imine (C=N–C) groups is 1. The van der Waals surface area contributed by atoms with Crippen molar-refractivity contribution in [1.29, 1.82) is 0 Å². The lowest BCUT2D eigenvalue weighted by Crippen LogP contribution is -1.95. The van der Waals surface area contributed by atoms with Gasteiger partial charge in [0, 0.05) is 6.92 Å². The van der Waals surface area contributed by atoms with Crippen molar-refractivity contribution in [2.75, 3.05) is 0 Å². The highest BCUT2D eigenvalue weighted by molar-refractivity contribution is 5.47. The second-order valence-electron chi connectivity index (χ2n) is 2.32. The van der Waals surface area contributed by atoms with Gasteiger partial charge in [-0.15, -0.1) is 0 Å². The van der Waals surface area contributed by atoms with Gasteiger partial charge in [-0.05, 0) is 12.1 Å². The maximum Gasteiger partial charge on any atom is 0.386 e. The van der Waals surface area contributed by atoms with E-state index >= 15 is 0 Å². The minimum Gasteiger partial charge on any atom is -0.211 e. The first kappa shape index (κ1) is 12.4. The molecule has 0 heterocycles. The number of rotatable bonds is 1. The molecule has 0 spiro atoms. The molecule has 0 N–H and O–H groups in total. The third kappa shape index (κ3) is 10.4. The predicted octanol–water partition coefficient (Wildman–Crippen LogP) is 3.22. The van der Waals surface area contributed by atoms with E-state index in [0.29, 0.717) is 5.69 Å². The van der Waals surface area contributed by atoms with E-state index in [4.69, 9.17) is 0 Å². The molecule has 0 atom stereocenters. The van der Waals surface area contributed by atoms with Crippen molar-refractivity contribution in [3.8, 4) is 0 Å². The molecule has 0 aliphatic carbocycles. The standard InChI is InChI=1S/C7H5NO.C2H3F3/c9-6-8-7-4-2-1-3-5-7;1-2(3,4)5/h1-5H;1H3. The van der Waals surface area contributed by atoms with Crippen LogP contribution >= 0.6 is 0 Å². The van der Waals surface area contributed by atoms with Crippen LogP contribution in [-0.4, -0.2) is 12.3 Å². The molecule has 5 heteroatoms. The van der Waals surface area contributed by atoms with Gasteiger partial charge in [0.1, 0.15) is 0 Å². The van der Waals surface area contributed by atoms with Gasteiger partial charge in [-0.1, -0.05) is 18.2 Å². The molecule has 76 valence electrons. The number of benzene rings is 1. The quantitative estimate of drug-likeness (QED) is 0.509. The van der Waals surface area contributed by atoms with Crippen molar-refractivity contribution < 1.29 is 18.0 Å². The predicted molar refractivity (Wildman–Crippen MR) is 46.0 cm³/mol. The summed E-state index contributed by atoms with van der Waals surface area (Å²) in [5.74, 6) is 0. The van der Waals surface area contributed by atoms with E-state index < -0.39 is 6.18 Å². The van der Waals surface area contributed by atoms with Crippen LogP contribution in [0.25, 0.3) is 0 Å². The second-order valence-corrected chi connectivity index (χ2v) is 2.32. The Hall–Kier alpha value is -1.61. The Bertz CT molecular complexity index is 296. The molecule has 1 aromatic rings. The minimum absolute atomic E-state index is 0.188. The van der Waals surface area contributed by atoms with Gasteiger partial charge in [0.2, 0.25) is 6.08 Å². The zero-order valence-corrected chi connectivity index (χ0v) is 7.38. The minimum atomic E-state index is -4.00. The molecule has 1 aromatic carbocycles. The summed E-state index contributed by atoms with van der Waals surface area (Å²) in [7, 11) is 0. The van der Waals surface area contributed by atoms with E-state index in [1.165, 1.54) is 6.08 Å². The number of carbonyl (C=O) groups excluding carboxylic acids is 1. The van der Waals surface area contributed by atoms with Crippen LogP contribution in [0.2, 0.25) is 0 Å². The summed E-state index contributed by atoms with van der Waals surface area (Å²) in [5, 5.41) is 0. The molecule has 1 rings (SSSR count). The van der Waals surface area contributed by atoms with Crippen molar-refractivity contribution in [2.24, 2.45) is 4.99 Å². The van der Waals surface area contributed by atoms with Crippen LogP contribution in [-0.2, 0) is 4.79 Å². The molecule has 0 aliphatic heterocycles. The molecule has 0 unspecified atom stereocenters. The number of halogens is 3. The molecule has 0 aliphatic rings. The fraction of sp³-hybridized carbons (Fsp3) is 0.222. The number of hydrogen-bond donors (Lipinski definition) is 0. The second kappa shape index (κ2) is 5.94. The number of alkyl halides is 3. The molecular formula is C9H8F3NO. The molecule has 2 nitrogen and oxygen atoms in total. The summed E-state index contributed by atoms with van der Waals surface area (Å²) in [4.78, 5) is 13.1. The van der Waals surface area contributed by atoms with Crippen molar-refractivity contribution in [3.63, 3.8) is 0 Å². The SMILES string of the molecule is CC(F)(F)F.O=C=Nc1ccccc1. The van der Waals surface area contributed by atoms with Crippen LogP contribution in [0.15, 0.2) is 35.3 Å². The maximum absolute atomic E-state index is 10.4. The van der Waals surface area contributed by atoms with Gasteiger partial charge in [-0.25, -0.2) is 4.79 Å². The highest BCUT2D eigenvalue weighted by atomic mass is 19.4. The topological polar surface area (TPSA) is 29.4 Å². The molecule has 0 amide bonds. The molecule has 0 bridgehead atoms. The normalized spacial score (nSPS) is 9.43. The highest BCUT2D eigenvalue weighted by Crippen LogP contribution is 2.10. The van der Waals surface area contributed by atoms with Crippen LogP contribution < -0.4 is 0 Å². The summed E-state index contributed by atoms with van der Waals surface area (Å²) in [6, 6.07) is 8.98. The van der Waals surface area contributed by atoms with Crippen LogP contribution in [0.1, 0.15) is 6.92 Å². The van der Waals surface area contributed by atoms with Gasteiger partial charge >= 0.3 is 6.18 Å². The molecule has 0 radical (unpaired) electrons. The molecule has 0 fully saturated rings. The Kier molecular flexibility index (Phi) is 5.26. The Labute approximate surface area is 79.1 Å². The Morgan fingerprint density at radius 3 is 2.00 bits per heavy atom. The monoisotopic (exact) mass is 203 g/mol. The fourth-order valence-corrected chi connectivity index (χ4v) is 0.555. The lowest BCUT2D eigenvalue weighted by atomic mass is 10.3. The van der Waals surface area contributed by atoms with Crippen LogP contribution in [0, 0.1) is 0 Å². The van der Waals surface area contributed by atoms with E-state index in [1.54, 1.807) is 12.1 Å². The Morgan fingerprint density at radius 2 is 1.64 bits per heavy atom. The highest BCUT2D eigenvalue weighted by Gasteiger charge is 2.15. The van der Waals surface area contributed by atoms with Gasteiger partial charge in [0.25, 0.3) is 0 Å². The fourth-order valence-electron chi connectivity index (χ4n) is 0.555. The molecule has 0 saturated carbocycles. The molecule has 14 heavy (non-hydrogen) atoms. The smallest absolute Gasteiger partial charge is 0.211 e. The first-order valence-electron chi connectivity index (χ1n) is 3.63. The lowest BCUT2D eigenvalue weighted by molar-refractivity contribution is -0.110. The van der Waals surface area contributed by atoms with Gasteiger partial charge in [-0.2, -0.15) is 18.2 Å². The van der Waals surface area contributed by atoms with Gasteiger partial charge < -0.3 is 0 Å². The number of nitrogens with zero attached hydrogens (tertiary/aromatic N) is 1. The van der Waals surface area contributed by atoms with E-state index in [9.17, 15) is 18.0 Å². The van der Waals surface area contributed by atoms with E-state index in [1.807, 2.05) is 18.2 Å². The van der Waals surface area contributed by atoms with Crippen LogP contribution in [0.5, 0.6) is 0 Å². The van der Waals surface area contributed by atoms with Crippen molar-refractivity contribution in [1.82, 2.24) is 0 Å². The average molecular weight is 203 g/mol. The number of isocyanates is 1. The Morgan fingerprint density at radius 1 is 1.21 bits per heavy atom. The summed E-state index contributed by atoms with van der Waals surface area (Å²) in [6.45, 7) is 0.188. The van der Waals surface area contributed by atoms with Crippen molar-refractivity contribution in [3.05, 3.63) is 30.3 Å². The van der Waals surface area contributed by atoms with Crippen LogP contribution in [0.3, 0.4) is 0 Å². The lowest BCUT2D eigenvalue weighted by Gasteiger charge is -1.88. The van der Waals surface area contributed by atoms with E-state index in [0.717, 1.165) is 0 Å². The zero-order chi connectivity index (χ0) is 11.0. The Balaban J connectivity index is 0.000000292. The van der Waals surface area contributed by atoms with E-state index in [-0.39, 0.29) is 6.92 Å². The third-order valence-electron chi connectivity index (χ3n) is 0.931. The molecular weight excluding hydrogens is 195 g/mol. The van der Waals surface area contributed by atoms with Gasteiger partial charge in [-0.3, -0.25) is 0 Å². The van der Waals surface area contributed by atoms with Crippen LogP contribution in [0.4, 0.5) is 18.9 Å². The summed E-state index contributed by atoms with van der Waals surface area (Å²) < 4.78 is 31.1. The summed E-state index contributed by atoms with van der Waals surface area (Å²) >= 11 is 0. The van der Waals surface area contributed by atoms with Crippen molar-refractivity contribution in [2.45, 2.75) is 13.1 Å². The summed E-state index contributed by atoms with van der Waals surface area (Å²) in [6.07, 6.45) is -2.54. The van der Waals surface area contributed by atoms with E-state index in [2.05, 4.69) is 4.99 Å². The number of hydrogen-bond acceptors (Lipinski definition) is 2. The third-order valence-corrected chi connectivity index (χ3v) is 0.931. The zero-order valence-electron chi connectivity index (χ0n) is 7.38. The number of para-hydroxylation sites is 1. The average Bonchev–Trinajstić information content (AvgIpc) is 2.03. The largest absolute Gasteiger partial charge is 0.386 e. The molecule has 0 aromatic heterocycles.